The molecule has 0 saturated heterocycles. The third-order valence-corrected chi connectivity index (χ3v) is 33.3. The standard InChI is InChI=1S/C15H21O3Si.3C4H9.Sn/c1-17-14-9-7-13(8-10-14)15(16)18-11-5-6-12-19(2,3)4;3*1-3-4-2;/h6-10H,5,11H2,1-4H3;3*1,3-4H2,2H3;. The van der Waals surface area contributed by atoms with Gasteiger partial charge in [0.15, 0.2) is 0 Å². The Bertz CT molecular complexity index is 670. The Labute approximate surface area is 203 Å². The van der Waals surface area contributed by atoms with Crippen LogP contribution in [-0.4, -0.2) is 46.1 Å². The third kappa shape index (κ3) is 9.62. The normalized spacial score (nSPS) is 12.7. The van der Waals surface area contributed by atoms with Crippen LogP contribution in [0.25, 0.3) is 0 Å². The van der Waals surface area contributed by atoms with E-state index in [0.717, 1.165) is 12.2 Å². The summed E-state index contributed by atoms with van der Waals surface area (Å²) in [5, 5.41) is 0. The number of rotatable bonds is 16. The van der Waals surface area contributed by atoms with Crippen molar-refractivity contribution < 1.29 is 14.3 Å². The fraction of sp³-hybridized carbons (Fsp3) is 0.667. The molecule has 0 aliphatic heterocycles. The Hall–Kier alpha value is -0.754. The van der Waals surface area contributed by atoms with Crippen molar-refractivity contribution in [2.75, 3.05) is 13.7 Å². The zero-order valence-corrected chi connectivity index (χ0v) is 25.7. The second kappa shape index (κ2) is 15.2. The summed E-state index contributed by atoms with van der Waals surface area (Å²) in [5.41, 5.74) is 0.586. The SMILES string of the molecule is CCC[CH2][Sn]([CH2]CCC)([CH2]CCC)/[C](=C/CCOC(=O)c1ccc(OC)cc1)[Si](C)(C)C. The summed E-state index contributed by atoms with van der Waals surface area (Å²) in [6.45, 7) is 15.1. The van der Waals surface area contributed by atoms with Crippen LogP contribution in [0.5, 0.6) is 5.75 Å². The molecule has 0 fully saturated rings. The quantitative estimate of drug-likeness (QED) is 0.114. The molecule has 0 bridgehead atoms. The molecular formula is C27H48O3SiSn. The van der Waals surface area contributed by atoms with E-state index in [1.54, 1.807) is 31.4 Å². The predicted molar refractivity (Wildman–Crippen MR) is 144 cm³/mol. The number of hydrogen-bond donors (Lipinski definition) is 0. The first-order valence-corrected chi connectivity index (χ1v) is 23.7. The summed E-state index contributed by atoms with van der Waals surface area (Å²) in [6, 6.07) is 7.15. The van der Waals surface area contributed by atoms with Gasteiger partial charge in [0.05, 0.1) is 0 Å². The van der Waals surface area contributed by atoms with E-state index in [2.05, 4.69) is 46.5 Å². The molecule has 3 nitrogen and oxygen atoms in total. The van der Waals surface area contributed by atoms with Gasteiger partial charge < -0.3 is 0 Å². The number of unbranched alkanes of at least 4 members (excludes halogenated alkanes) is 3. The number of carbonyl (C=O) groups excluding carboxylic acids is 1. The predicted octanol–water partition coefficient (Wildman–Crippen LogP) is 8.43. The molecule has 0 aromatic heterocycles. The van der Waals surface area contributed by atoms with Crippen LogP contribution in [0.4, 0.5) is 0 Å². The van der Waals surface area contributed by atoms with Crippen molar-refractivity contribution in [1.29, 1.82) is 0 Å². The molecule has 0 atom stereocenters. The number of ether oxygens (including phenoxy) is 2. The van der Waals surface area contributed by atoms with E-state index >= 15 is 0 Å². The van der Waals surface area contributed by atoms with Crippen LogP contribution in [0.2, 0.25) is 33.0 Å². The summed E-state index contributed by atoms with van der Waals surface area (Å²) in [7, 11) is 0.204. The molecule has 0 aliphatic rings. The van der Waals surface area contributed by atoms with E-state index < -0.39 is 26.5 Å². The van der Waals surface area contributed by atoms with Crippen LogP contribution in [-0.2, 0) is 4.74 Å². The van der Waals surface area contributed by atoms with Crippen molar-refractivity contribution in [3.05, 3.63) is 39.1 Å². The Kier molecular flexibility index (Phi) is 13.9. The van der Waals surface area contributed by atoms with E-state index in [4.69, 9.17) is 9.47 Å². The Morgan fingerprint density at radius 3 is 1.81 bits per heavy atom. The maximum atomic E-state index is 12.4. The van der Waals surface area contributed by atoms with Gasteiger partial charge in [0.25, 0.3) is 0 Å². The average molecular weight is 567 g/mol. The monoisotopic (exact) mass is 568 g/mol. The molecule has 0 radical (unpaired) electrons. The van der Waals surface area contributed by atoms with Gasteiger partial charge in [-0.1, -0.05) is 0 Å². The van der Waals surface area contributed by atoms with Crippen molar-refractivity contribution in [3.63, 3.8) is 0 Å². The van der Waals surface area contributed by atoms with Gasteiger partial charge in [-0.3, -0.25) is 0 Å². The Morgan fingerprint density at radius 2 is 1.41 bits per heavy atom. The minimum atomic E-state index is -2.44. The second-order valence-electron chi connectivity index (χ2n) is 10.1. The first-order valence-electron chi connectivity index (χ1n) is 12.8. The molecule has 1 rings (SSSR count). The van der Waals surface area contributed by atoms with E-state index in [1.165, 1.54) is 51.8 Å². The fourth-order valence-corrected chi connectivity index (χ4v) is 38.2. The molecule has 1 aromatic rings. The minimum absolute atomic E-state index is 0.242. The van der Waals surface area contributed by atoms with Crippen LogP contribution >= 0.6 is 0 Å². The van der Waals surface area contributed by atoms with Gasteiger partial charge in [-0.2, -0.15) is 0 Å². The molecule has 0 amide bonds. The van der Waals surface area contributed by atoms with E-state index in [0.29, 0.717) is 12.2 Å². The van der Waals surface area contributed by atoms with Crippen molar-refractivity contribution in [3.8, 4) is 5.75 Å². The Morgan fingerprint density at radius 1 is 0.906 bits per heavy atom. The van der Waals surface area contributed by atoms with Gasteiger partial charge in [0, 0.05) is 0 Å². The van der Waals surface area contributed by atoms with Crippen molar-refractivity contribution in [1.82, 2.24) is 0 Å². The summed E-state index contributed by atoms with van der Waals surface area (Å²) in [4.78, 5) is 12.4. The fourth-order valence-electron chi connectivity index (χ4n) is 4.81. The molecule has 0 N–H and O–H groups in total. The van der Waals surface area contributed by atoms with Gasteiger partial charge in [-0.05, 0) is 0 Å². The number of esters is 1. The van der Waals surface area contributed by atoms with Crippen molar-refractivity contribution in [2.24, 2.45) is 0 Å². The van der Waals surface area contributed by atoms with Gasteiger partial charge in [0.2, 0.25) is 0 Å². The summed E-state index contributed by atoms with van der Waals surface area (Å²) < 4.78 is 17.2. The first kappa shape index (κ1) is 29.3. The number of carbonyl (C=O) groups is 1. The number of methoxy groups -OCH3 is 1. The Balaban J connectivity index is 3.00. The van der Waals surface area contributed by atoms with Crippen LogP contribution in [0.15, 0.2) is 33.6 Å². The molecule has 0 aliphatic carbocycles. The van der Waals surface area contributed by atoms with Crippen LogP contribution < -0.4 is 4.74 Å². The van der Waals surface area contributed by atoms with E-state index in [1.807, 2.05) is 3.21 Å². The van der Waals surface area contributed by atoms with Gasteiger partial charge in [-0.15, -0.1) is 0 Å². The third-order valence-electron chi connectivity index (χ3n) is 6.43. The number of hydrogen-bond acceptors (Lipinski definition) is 3. The molecule has 32 heavy (non-hydrogen) atoms. The van der Waals surface area contributed by atoms with Gasteiger partial charge >= 0.3 is 204 Å². The van der Waals surface area contributed by atoms with Crippen molar-refractivity contribution >= 4 is 32.4 Å². The first-order chi connectivity index (χ1) is 15.2. The molecule has 5 heteroatoms. The van der Waals surface area contributed by atoms with E-state index in [9.17, 15) is 4.79 Å². The molecular weight excluding hydrogens is 519 g/mol. The molecule has 1 aromatic carbocycles. The maximum absolute atomic E-state index is 12.4. The molecule has 0 saturated carbocycles. The van der Waals surface area contributed by atoms with E-state index in [-0.39, 0.29) is 5.97 Å². The summed E-state index contributed by atoms with van der Waals surface area (Å²) >= 11 is -2.44. The summed E-state index contributed by atoms with van der Waals surface area (Å²) in [5.74, 6) is 0.507. The van der Waals surface area contributed by atoms with Crippen LogP contribution in [0, 0.1) is 0 Å². The topological polar surface area (TPSA) is 35.5 Å². The molecule has 0 unspecified atom stereocenters. The zero-order chi connectivity index (χ0) is 24.0. The molecule has 182 valence electrons. The molecule has 0 heterocycles. The number of benzene rings is 1. The molecule has 0 spiro atoms. The summed E-state index contributed by atoms with van der Waals surface area (Å²) in [6.07, 6.45) is 11.5. The van der Waals surface area contributed by atoms with Gasteiger partial charge in [0.1, 0.15) is 0 Å². The van der Waals surface area contributed by atoms with Gasteiger partial charge in [-0.25, -0.2) is 0 Å². The zero-order valence-electron chi connectivity index (χ0n) is 21.9. The second-order valence-corrected chi connectivity index (χ2v) is 29.7. The van der Waals surface area contributed by atoms with Crippen molar-refractivity contribution in [2.45, 2.75) is 98.7 Å². The van der Waals surface area contributed by atoms with Crippen LogP contribution in [0.3, 0.4) is 0 Å². The average Bonchev–Trinajstić information content (AvgIpc) is 2.78. The van der Waals surface area contributed by atoms with Crippen LogP contribution in [0.1, 0.15) is 76.1 Å².